The summed E-state index contributed by atoms with van der Waals surface area (Å²) in [6.45, 7) is 5.01. The van der Waals surface area contributed by atoms with Crippen molar-refractivity contribution in [3.8, 4) is 5.75 Å². The molecule has 4 rings (SSSR count). The highest BCUT2D eigenvalue weighted by atomic mass is 32.2. The number of anilines is 1. The third-order valence-corrected chi connectivity index (χ3v) is 8.40. The first-order valence-electron chi connectivity index (χ1n) is 12.1. The smallest absolute Gasteiger partial charge is 0.261 e. The molecule has 2 aliphatic rings. The number of likely N-dealkylation sites (tertiary alicyclic amines) is 1. The number of ether oxygens (including phenoxy) is 1. The maximum absolute atomic E-state index is 13.0. The number of nitrogens with zero attached hydrogens (tertiary/aromatic N) is 1. The van der Waals surface area contributed by atoms with E-state index in [-0.39, 0.29) is 16.8 Å². The molecule has 184 valence electrons. The maximum Gasteiger partial charge on any atom is 0.261 e. The highest BCUT2D eigenvalue weighted by Crippen LogP contribution is 2.27. The molecule has 2 aromatic rings. The van der Waals surface area contributed by atoms with E-state index in [1.54, 1.807) is 37.4 Å². The zero-order valence-corrected chi connectivity index (χ0v) is 20.9. The molecule has 0 spiro atoms. The number of hydrogen-bond acceptors (Lipinski definition) is 5. The number of benzene rings is 2. The Labute approximate surface area is 202 Å². The van der Waals surface area contributed by atoms with Crippen molar-refractivity contribution in [3.63, 3.8) is 0 Å². The SMILES string of the molecule is COc1ccc(NS(=O)(=O)c2ccc(C)c(C(=O)NC3CCN(CC4CCCC4)CC3)c2)cc1. The van der Waals surface area contributed by atoms with Crippen LogP contribution in [-0.2, 0) is 10.0 Å². The molecule has 2 fully saturated rings. The van der Waals surface area contributed by atoms with E-state index in [0.29, 0.717) is 17.0 Å². The van der Waals surface area contributed by atoms with Crippen molar-refractivity contribution in [3.05, 3.63) is 53.6 Å². The zero-order valence-electron chi connectivity index (χ0n) is 20.0. The predicted molar refractivity (Wildman–Crippen MR) is 134 cm³/mol. The molecule has 0 bridgehead atoms. The van der Waals surface area contributed by atoms with Crippen LogP contribution in [-0.4, -0.2) is 52.0 Å². The van der Waals surface area contributed by atoms with Gasteiger partial charge in [-0.25, -0.2) is 8.42 Å². The topological polar surface area (TPSA) is 87.7 Å². The molecule has 8 heteroatoms. The minimum absolute atomic E-state index is 0.0606. The molecule has 34 heavy (non-hydrogen) atoms. The number of methoxy groups -OCH3 is 1. The molecule has 2 N–H and O–H groups in total. The highest BCUT2D eigenvalue weighted by molar-refractivity contribution is 7.92. The van der Waals surface area contributed by atoms with Crippen molar-refractivity contribution in [1.82, 2.24) is 10.2 Å². The Kier molecular flexibility index (Phi) is 7.78. The Hall–Kier alpha value is -2.58. The Morgan fingerprint density at radius 2 is 1.71 bits per heavy atom. The average molecular weight is 486 g/mol. The summed E-state index contributed by atoms with van der Waals surface area (Å²) in [5, 5.41) is 3.14. The molecule has 0 atom stereocenters. The number of piperidine rings is 1. The monoisotopic (exact) mass is 485 g/mol. The fraction of sp³-hybridized carbons (Fsp3) is 0.500. The van der Waals surface area contributed by atoms with Crippen LogP contribution in [0.2, 0.25) is 0 Å². The minimum atomic E-state index is -3.84. The van der Waals surface area contributed by atoms with Crippen molar-refractivity contribution in [1.29, 1.82) is 0 Å². The van der Waals surface area contributed by atoms with E-state index in [9.17, 15) is 13.2 Å². The third kappa shape index (κ3) is 6.10. The largest absolute Gasteiger partial charge is 0.497 e. The Morgan fingerprint density at radius 3 is 2.35 bits per heavy atom. The first-order valence-corrected chi connectivity index (χ1v) is 13.6. The molecular weight excluding hydrogens is 450 g/mol. The number of amides is 1. The van der Waals surface area contributed by atoms with Crippen LogP contribution in [0.1, 0.15) is 54.4 Å². The van der Waals surface area contributed by atoms with Crippen LogP contribution >= 0.6 is 0 Å². The van der Waals surface area contributed by atoms with Crippen LogP contribution in [0.3, 0.4) is 0 Å². The van der Waals surface area contributed by atoms with Crippen LogP contribution in [0.25, 0.3) is 0 Å². The van der Waals surface area contributed by atoms with Gasteiger partial charge >= 0.3 is 0 Å². The van der Waals surface area contributed by atoms with Gasteiger partial charge in [0.1, 0.15) is 5.75 Å². The van der Waals surface area contributed by atoms with Crippen molar-refractivity contribution >= 4 is 21.6 Å². The van der Waals surface area contributed by atoms with Crippen molar-refractivity contribution < 1.29 is 17.9 Å². The summed E-state index contributed by atoms with van der Waals surface area (Å²) in [6.07, 6.45) is 7.27. The normalized spacial score (nSPS) is 18.1. The van der Waals surface area contributed by atoms with Gasteiger partial charge < -0.3 is 15.0 Å². The van der Waals surface area contributed by atoms with E-state index in [1.165, 1.54) is 44.4 Å². The van der Waals surface area contributed by atoms with Gasteiger partial charge in [0.2, 0.25) is 0 Å². The summed E-state index contributed by atoms with van der Waals surface area (Å²) in [5.41, 5.74) is 1.57. The van der Waals surface area contributed by atoms with Crippen molar-refractivity contribution in [2.45, 2.75) is 56.4 Å². The van der Waals surface area contributed by atoms with Crippen molar-refractivity contribution in [2.75, 3.05) is 31.5 Å². The van der Waals surface area contributed by atoms with Gasteiger partial charge in [0.15, 0.2) is 0 Å². The summed E-state index contributed by atoms with van der Waals surface area (Å²) < 4.78 is 33.5. The molecule has 1 aliphatic heterocycles. The molecule has 1 amide bonds. The summed E-state index contributed by atoms with van der Waals surface area (Å²) in [7, 11) is -2.28. The molecule has 2 aromatic carbocycles. The number of carbonyl (C=O) groups is 1. The zero-order chi connectivity index (χ0) is 24.1. The summed E-state index contributed by atoms with van der Waals surface area (Å²) in [4.78, 5) is 15.6. The molecule has 0 aromatic heterocycles. The predicted octanol–water partition coefficient (Wildman–Crippen LogP) is 4.19. The van der Waals surface area contributed by atoms with Gasteiger partial charge in [-0.2, -0.15) is 0 Å². The first-order chi connectivity index (χ1) is 16.3. The lowest BCUT2D eigenvalue weighted by Crippen LogP contribution is -2.45. The fourth-order valence-corrected chi connectivity index (χ4v) is 6.05. The number of sulfonamides is 1. The van der Waals surface area contributed by atoms with Crippen molar-refractivity contribution in [2.24, 2.45) is 5.92 Å². The third-order valence-electron chi connectivity index (χ3n) is 7.02. The fourth-order valence-electron chi connectivity index (χ4n) is 4.97. The van der Waals surface area contributed by atoms with E-state index in [4.69, 9.17) is 4.74 Å². The minimum Gasteiger partial charge on any atom is -0.497 e. The molecule has 1 heterocycles. The maximum atomic E-state index is 13.0. The number of rotatable bonds is 8. The van der Waals surface area contributed by atoms with Gasteiger partial charge in [0, 0.05) is 36.9 Å². The van der Waals surface area contributed by atoms with Crippen LogP contribution < -0.4 is 14.8 Å². The molecule has 1 saturated heterocycles. The Bertz CT molecular complexity index is 1090. The number of hydrogen-bond donors (Lipinski definition) is 2. The lowest BCUT2D eigenvalue weighted by Gasteiger charge is -2.34. The van der Waals surface area contributed by atoms with Crippen LogP contribution in [0, 0.1) is 12.8 Å². The molecule has 0 radical (unpaired) electrons. The number of nitrogens with one attached hydrogen (secondary N) is 2. The van der Waals surface area contributed by atoms with Crippen LogP contribution in [0.15, 0.2) is 47.4 Å². The molecular formula is C26H35N3O4S. The Morgan fingerprint density at radius 1 is 1.03 bits per heavy atom. The van der Waals surface area contributed by atoms with Gasteiger partial charge in [0.05, 0.1) is 12.0 Å². The second-order valence-electron chi connectivity index (χ2n) is 9.51. The van der Waals surface area contributed by atoms with Crippen LogP contribution in [0.4, 0.5) is 5.69 Å². The first kappa shape index (κ1) is 24.5. The standard InChI is InChI=1S/C26H35N3O4S/c1-19-7-12-24(34(31,32)28-22-8-10-23(33-2)11-9-22)17-25(19)26(30)27-21-13-15-29(16-14-21)18-20-5-3-4-6-20/h7-12,17,20-21,28H,3-6,13-16,18H2,1-2H3,(H,27,30). The van der Waals surface area contributed by atoms with E-state index in [0.717, 1.165) is 37.4 Å². The van der Waals surface area contributed by atoms with E-state index < -0.39 is 10.0 Å². The van der Waals surface area contributed by atoms with Gasteiger partial charge in [-0.3, -0.25) is 9.52 Å². The van der Waals surface area contributed by atoms with Gasteiger partial charge in [0.25, 0.3) is 15.9 Å². The van der Waals surface area contributed by atoms with Gasteiger partial charge in [-0.15, -0.1) is 0 Å². The van der Waals surface area contributed by atoms with E-state index in [2.05, 4.69) is 14.9 Å². The van der Waals surface area contributed by atoms with E-state index in [1.807, 2.05) is 6.92 Å². The quantitative estimate of drug-likeness (QED) is 0.585. The lowest BCUT2D eigenvalue weighted by molar-refractivity contribution is 0.0905. The van der Waals surface area contributed by atoms with E-state index >= 15 is 0 Å². The summed E-state index contributed by atoms with van der Waals surface area (Å²) in [5.74, 6) is 1.26. The highest BCUT2D eigenvalue weighted by Gasteiger charge is 2.25. The van der Waals surface area contributed by atoms with Crippen LogP contribution in [0.5, 0.6) is 5.75 Å². The summed E-state index contributed by atoms with van der Waals surface area (Å²) >= 11 is 0. The Balaban J connectivity index is 1.37. The molecule has 1 saturated carbocycles. The second kappa shape index (κ2) is 10.8. The average Bonchev–Trinajstić information content (AvgIpc) is 3.34. The van der Waals surface area contributed by atoms with Gasteiger partial charge in [-0.1, -0.05) is 18.9 Å². The number of carbonyl (C=O) groups excluding carboxylic acids is 1. The van der Waals surface area contributed by atoms with Gasteiger partial charge in [-0.05, 0) is 80.5 Å². The molecule has 1 aliphatic carbocycles. The molecule has 0 unspecified atom stereocenters. The lowest BCUT2D eigenvalue weighted by atomic mass is 10.0. The number of aryl methyl sites for hydroxylation is 1. The molecule has 7 nitrogen and oxygen atoms in total. The summed E-state index contributed by atoms with van der Waals surface area (Å²) in [6, 6.07) is 11.4. The second-order valence-corrected chi connectivity index (χ2v) is 11.2.